The standard InChI is InChI=1S/CH4OS7/c1-2-4-6-8-9-7-5-3/h3H,1H3. The topological polar surface area (TPSA) is 9.23 Å². The number of rotatable bonds is 6. The van der Waals surface area contributed by atoms with Gasteiger partial charge in [0, 0.05) is 29.5 Å². The van der Waals surface area contributed by atoms with Gasteiger partial charge in [0.2, 0.25) is 0 Å². The molecule has 8 heteroatoms. The lowest BCUT2D eigenvalue weighted by atomic mass is 11.8. The van der Waals surface area contributed by atoms with Gasteiger partial charge in [0.25, 0.3) is 0 Å². The summed E-state index contributed by atoms with van der Waals surface area (Å²) in [6.45, 7) is 0. The molecule has 0 saturated heterocycles. The van der Waals surface area contributed by atoms with Crippen molar-refractivity contribution >= 4 is 71.9 Å². The van der Waals surface area contributed by atoms with Crippen molar-refractivity contribution < 1.29 is 4.18 Å². The van der Waals surface area contributed by atoms with Gasteiger partial charge in [0.1, 0.15) is 0 Å². The summed E-state index contributed by atoms with van der Waals surface area (Å²) in [4.78, 5) is 0. The molecule has 0 unspecified atom stereocenters. The second kappa shape index (κ2) is 10.4. The fraction of sp³-hybridized carbons (Fsp3) is 1.00. The molecule has 0 aliphatic rings. The van der Waals surface area contributed by atoms with Gasteiger partial charge in [-0.3, -0.25) is 0 Å². The summed E-state index contributed by atoms with van der Waals surface area (Å²) < 4.78 is 4.73. The first kappa shape index (κ1) is 11.4. The van der Waals surface area contributed by atoms with Crippen molar-refractivity contribution in [2.45, 2.75) is 0 Å². The van der Waals surface area contributed by atoms with Gasteiger partial charge >= 0.3 is 0 Å². The Labute approximate surface area is 82.4 Å². The van der Waals surface area contributed by atoms with E-state index < -0.39 is 0 Å². The lowest BCUT2D eigenvalue weighted by Crippen LogP contribution is -1.51. The maximum absolute atomic E-state index is 4.73. The molecule has 1 nitrogen and oxygen atoms in total. The highest BCUT2D eigenvalue weighted by molar-refractivity contribution is 9.45. The summed E-state index contributed by atoms with van der Waals surface area (Å²) in [6, 6.07) is 0. The minimum atomic E-state index is 1.37. The van der Waals surface area contributed by atoms with Gasteiger partial charge in [-0.1, -0.05) is 11.7 Å². The molecule has 0 aromatic heterocycles. The number of thiol groups is 1. The van der Waals surface area contributed by atoms with Gasteiger partial charge < -0.3 is 4.18 Å². The molecule has 0 heterocycles. The quantitative estimate of drug-likeness (QED) is 0.323. The first-order chi connectivity index (χ1) is 4.41. The van der Waals surface area contributed by atoms with Crippen LogP contribution in [0.1, 0.15) is 0 Å². The van der Waals surface area contributed by atoms with E-state index in [0.29, 0.717) is 0 Å². The number of hydrogen-bond acceptors (Lipinski definition) is 8. The number of hydrogen-bond donors (Lipinski definition) is 1. The molecule has 0 amide bonds. The fourth-order valence-electron chi connectivity index (χ4n) is 0.0742. The Balaban J connectivity index is 2.60. The minimum absolute atomic E-state index is 1.37. The van der Waals surface area contributed by atoms with E-state index in [0.717, 1.165) is 0 Å². The Bertz CT molecular complexity index is 42.2. The zero-order valence-corrected chi connectivity index (χ0v) is 10.1. The molecular weight excluding hydrogens is 252 g/mol. The van der Waals surface area contributed by atoms with E-state index in [1.54, 1.807) is 46.4 Å². The summed E-state index contributed by atoms with van der Waals surface area (Å²) in [6.07, 6.45) is 0. The molecule has 0 atom stereocenters. The van der Waals surface area contributed by atoms with Gasteiger partial charge in [-0.25, -0.2) is 0 Å². The van der Waals surface area contributed by atoms with Crippen LogP contribution in [0.3, 0.4) is 0 Å². The highest BCUT2D eigenvalue weighted by Crippen LogP contribution is 2.52. The fourth-order valence-corrected chi connectivity index (χ4v) is 10.2. The van der Waals surface area contributed by atoms with E-state index in [9.17, 15) is 0 Å². The monoisotopic (exact) mass is 256 g/mol. The molecule has 0 rings (SSSR count). The zero-order valence-electron chi connectivity index (χ0n) is 4.30. The summed E-state index contributed by atoms with van der Waals surface area (Å²) in [5, 5.41) is 0. The average molecular weight is 257 g/mol. The third kappa shape index (κ3) is 10.4. The van der Waals surface area contributed by atoms with Crippen LogP contribution in [-0.2, 0) is 4.18 Å². The van der Waals surface area contributed by atoms with Crippen LogP contribution in [0.2, 0.25) is 0 Å². The Morgan fingerprint density at radius 3 is 2.33 bits per heavy atom. The predicted octanol–water partition coefficient (Wildman–Crippen LogP) is 4.37. The van der Waals surface area contributed by atoms with Crippen LogP contribution in [0.25, 0.3) is 0 Å². The van der Waals surface area contributed by atoms with Crippen LogP contribution < -0.4 is 0 Å². The second-order valence-electron chi connectivity index (χ2n) is 0.581. The molecule has 0 aliphatic heterocycles. The minimum Gasteiger partial charge on any atom is -0.308 e. The van der Waals surface area contributed by atoms with Crippen LogP contribution in [0, 0.1) is 0 Å². The molecule has 0 N–H and O–H groups in total. The Kier molecular flexibility index (Phi) is 13.2. The Morgan fingerprint density at radius 2 is 1.78 bits per heavy atom. The van der Waals surface area contributed by atoms with Crippen molar-refractivity contribution in [3.63, 3.8) is 0 Å². The lowest BCUT2D eigenvalue weighted by molar-refractivity contribution is 0.498. The first-order valence-corrected chi connectivity index (χ1v) is 10.1. The second-order valence-corrected chi connectivity index (χ2v) is 10.5. The van der Waals surface area contributed by atoms with Crippen LogP contribution in [0.4, 0.5) is 0 Å². The van der Waals surface area contributed by atoms with Crippen molar-refractivity contribution in [2.24, 2.45) is 0 Å². The highest BCUT2D eigenvalue weighted by atomic mass is 33.9. The SMILES string of the molecule is COSSSSSSS. The van der Waals surface area contributed by atoms with Crippen LogP contribution in [-0.4, -0.2) is 7.11 Å². The van der Waals surface area contributed by atoms with E-state index in [1.807, 2.05) is 0 Å². The Hall–Kier alpha value is 2.41. The molecule has 56 valence electrons. The maximum Gasteiger partial charge on any atom is 0.0746 e. The molecule has 0 aliphatic carbocycles. The molecule has 0 aromatic carbocycles. The molecular formula is CH4OS7. The van der Waals surface area contributed by atoms with E-state index in [2.05, 4.69) is 11.7 Å². The molecule has 9 heavy (non-hydrogen) atoms. The van der Waals surface area contributed by atoms with Crippen LogP contribution >= 0.6 is 71.9 Å². The molecule has 0 bridgehead atoms. The van der Waals surface area contributed by atoms with Crippen LogP contribution in [0.15, 0.2) is 0 Å². The molecule has 0 saturated carbocycles. The van der Waals surface area contributed by atoms with Gasteiger partial charge in [0.05, 0.1) is 18.2 Å². The van der Waals surface area contributed by atoms with Crippen molar-refractivity contribution in [3.05, 3.63) is 0 Å². The van der Waals surface area contributed by atoms with Crippen molar-refractivity contribution in [1.29, 1.82) is 0 Å². The van der Waals surface area contributed by atoms with Gasteiger partial charge in [-0.2, -0.15) is 0 Å². The molecule has 0 aromatic rings. The first-order valence-electron chi connectivity index (χ1n) is 1.59. The lowest BCUT2D eigenvalue weighted by Gasteiger charge is -1.92. The molecule has 0 spiro atoms. The third-order valence-electron chi connectivity index (χ3n) is 0.210. The summed E-state index contributed by atoms with van der Waals surface area (Å²) in [7, 11) is 9.68. The van der Waals surface area contributed by atoms with E-state index in [4.69, 9.17) is 4.18 Å². The van der Waals surface area contributed by atoms with Crippen LogP contribution in [0.5, 0.6) is 0 Å². The van der Waals surface area contributed by atoms with E-state index in [-0.39, 0.29) is 0 Å². The molecule has 0 fully saturated rings. The molecule has 0 radical (unpaired) electrons. The average Bonchev–Trinajstić information content (AvgIpc) is 1.89. The highest BCUT2D eigenvalue weighted by Gasteiger charge is 1.90. The Morgan fingerprint density at radius 1 is 1.11 bits per heavy atom. The van der Waals surface area contributed by atoms with E-state index >= 15 is 0 Å². The van der Waals surface area contributed by atoms with Crippen molar-refractivity contribution in [2.75, 3.05) is 7.11 Å². The summed E-state index contributed by atoms with van der Waals surface area (Å²) in [5.74, 6) is 0. The normalized spacial score (nSPS) is 10.0. The van der Waals surface area contributed by atoms with Gasteiger partial charge in [-0.05, 0) is 19.7 Å². The van der Waals surface area contributed by atoms with Crippen molar-refractivity contribution in [3.8, 4) is 0 Å². The van der Waals surface area contributed by atoms with Crippen molar-refractivity contribution in [1.82, 2.24) is 0 Å². The third-order valence-corrected chi connectivity index (χ3v) is 10.6. The van der Waals surface area contributed by atoms with Gasteiger partial charge in [-0.15, -0.1) is 0 Å². The maximum atomic E-state index is 4.73. The van der Waals surface area contributed by atoms with E-state index in [1.165, 1.54) is 20.9 Å². The summed E-state index contributed by atoms with van der Waals surface area (Å²) in [5.41, 5.74) is 0. The zero-order chi connectivity index (χ0) is 6.95. The summed E-state index contributed by atoms with van der Waals surface area (Å²) >= 11 is 5.31. The van der Waals surface area contributed by atoms with Gasteiger partial charge in [0.15, 0.2) is 0 Å². The largest absolute Gasteiger partial charge is 0.308 e. The smallest absolute Gasteiger partial charge is 0.0746 e. The predicted molar refractivity (Wildman–Crippen MR) is 61.5 cm³/mol.